The molecule has 2 aromatic heterocycles. The van der Waals surface area contributed by atoms with Crippen LogP contribution in [0.25, 0.3) is 71.7 Å². The minimum absolute atomic E-state index is 0.0830. The van der Waals surface area contributed by atoms with E-state index in [1.54, 1.807) is 0 Å². The van der Waals surface area contributed by atoms with Crippen molar-refractivity contribution in [3.63, 3.8) is 0 Å². The van der Waals surface area contributed by atoms with Crippen LogP contribution in [0.1, 0.15) is 57.2 Å². The van der Waals surface area contributed by atoms with E-state index < -0.39 is 0 Å². The molecule has 1 N–H and O–H groups in total. The molecule has 0 fully saturated rings. The van der Waals surface area contributed by atoms with Crippen molar-refractivity contribution in [1.29, 1.82) is 0 Å². The fourth-order valence-corrected chi connectivity index (χ4v) is 11.7. The van der Waals surface area contributed by atoms with Crippen LogP contribution in [0.3, 0.4) is 0 Å². The van der Waals surface area contributed by atoms with E-state index in [9.17, 15) is 0 Å². The fourth-order valence-electron chi connectivity index (χ4n) is 11.7. The molecule has 328 valence electrons. The summed E-state index contributed by atoms with van der Waals surface area (Å²) in [6, 6.07) is 68.9. The highest BCUT2D eigenvalue weighted by Crippen LogP contribution is 2.48. The third-order valence-electron chi connectivity index (χ3n) is 15.3. The summed E-state index contributed by atoms with van der Waals surface area (Å²) in [5, 5.41) is 10.3. The SMILES string of the molecule is Cc1cc(-c2cc(N(c3ccccc3)c3ccccc3)ccc2Nc2ccc3c(c2)C(C)(C)CCC3(C)C)c2c3c1c1c4ccccc4ccc1n3-c1cc3cc(-c4ccccc4)oc3cc1B2. The van der Waals surface area contributed by atoms with Gasteiger partial charge in [0, 0.05) is 66.9 Å². The number of aromatic nitrogens is 1. The van der Waals surface area contributed by atoms with Crippen molar-refractivity contribution in [3.8, 4) is 28.1 Å². The smallest absolute Gasteiger partial charge is 0.198 e. The lowest BCUT2D eigenvalue weighted by atomic mass is 9.58. The number of benzene rings is 9. The van der Waals surface area contributed by atoms with Gasteiger partial charge in [-0.25, -0.2) is 0 Å². The molecule has 0 spiro atoms. The molecule has 0 amide bonds. The van der Waals surface area contributed by atoms with Crippen LogP contribution in [0.4, 0.5) is 28.4 Å². The number of nitrogens with zero attached hydrogens (tertiary/aromatic N) is 2. The predicted molar refractivity (Wildman–Crippen MR) is 290 cm³/mol. The van der Waals surface area contributed by atoms with Crippen LogP contribution in [-0.4, -0.2) is 11.8 Å². The Morgan fingerprint density at radius 2 is 1.26 bits per heavy atom. The number of para-hydroxylation sites is 2. The van der Waals surface area contributed by atoms with Gasteiger partial charge in [-0.1, -0.05) is 142 Å². The van der Waals surface area contributed by atoms with E-state index in [4.69, 9.17) is 4.42 Å². The zero-order valence-electron chi connectivity index (χ0n) is 39.3. The normalized spacial score (nSPS) is 14.5. The van der Waals surface area contributed by atoms with Crippen molar-refractivity contribution in [2.24, 2.45) is 0 Å². The second kappa shape index (κ2) is 15.1. The number of fused-ring (bicyclic) bond motifs is 9. The number of furan rings is 1. The van der Waals surface area contributed by atoms with Crippen molar-refractivity contribution in [1.82, 2.24) is 4.57 Å². The molecule has 0 bridgehead atoms. The number of nitrogens with one attached hydrogen (secondary N) is 1. The summed E-state index contributed by atoms with van der Waals surface area (Å²) >= 11 is 0. The molecule has 1 aliphatic heterocycles. The summed E-state index contributed by atoms with van der Waals surface area (Å²) in [6.07, 6.45) is 2.35. The second-order valence-corrected chi connectivity index (χ2v) is 20.5. The third kappa shape index (κ3) is 6.36. The van der Waals surface area contributed by atoms with Crippen molar-refractivity contribution in [2.45, 2.75) is 58.3 Å². The van der Waals surface area contributed by atoms with E-state index in [0.717, 1.165) is 70.0 Å². The maximum absolute atomic E-state index is 6.70. The number of aryl methyl sites for hydroxylation is 1. The first-order valence-electron chi connectivity index (χ1n) is 24.2. The molecule has 0 unspecified atom stereocenters. The van der Waals surface area contributed by atoms with Crippen molar-refractivity contribution < 1.29 is 4.42 Å². The quantitative estimate of drug-likeness (QED) is 0.162. The van der Waals surface area contributed by atoms with E-state index in [2.05, 4.69) is 237 Å². The van der Waals surface area contributed by atoms with Gasteiger partial charge in [-0.3, -0.25) is 0 Å². The van der Waals surface area contributed by atoms with E-state index in [0.29, 0.717) is 0 Å². The van der Waals surface area contributed by atoms with Gasteiger partial charge in [-0.05, 0) is 148 Å². The molecule has 68 heavy (non-hydrogen) atoms. The molecule has 11 aromatic rings. The van der Waals surface area contributed by atoms with Gasteiger partial charge < -0.3 is 19.2 Å². The highest BCUT2D eigenvalue weighted by molar-refractivity contribution is 6.74. The summed E-state index contributed by atoms with van der Waals surface area (Å²) in [7, 11) is 0.750. The highest BCUT2D eigenvalue weighted by Gasteiger charge is 2.37. The first-order chi connectivity index (χ1) is 33.1. The summed E-state index contributed by atoms with van der Waals surface area (Å²) in [5.41, 5.74) is 20.5. The zero-order valence-corrected chi connectivity index (χ0v) is 39.3. The monoisotopic (exact) mass is 877 g/mol. The molecule has 1 aliphatic carbocycles. The minimum Gasteiger partial charge on any atom is -0.456 e. The Bertz CT molecular complexity index is 3770. The van der Waals surface area contributed by atoms with E-state index in [1.165, 1.54) is 77.9 Å². The van der Waals surface area contributed by atoms with Crippen LogP contribution in [-0.2, 0) is 10.8 Å². The average molecular weight is 878 g/mol. The second-order valence-electron chi connectivity index (χ2n) is 20.5. The summed E-state index contributed by atoms with van der Waals surface area (Å²) in [4.78, 5) is 2.38. The van der Waals surface area contributed by atoms with Crippen LogP contribution in [0, 0.1) is 6.92 Å². The Labute approximate surface area is 398 Å². The zero-order chi connectivity index (χ0) is 45.9. The lowest BCUT2D eigenvalue weighted by Crippen LogP contribution is -2.37. The molecule has 4 nitrogen and oxygen atoms in total. The number of hydrogen-bond donors (Lipinski definition) is 1. The third-order valence-corrected chi connectivity index (χ3v) is 15.3. The molecule has 5 heteroatoms. The Kier molecular flexibility index (Phi) is 9.02. The van der Waals surface area contributed by atoms with Gasteiger partial charge in [0.2, 0.25) is 0 Å². The van der Waals surface area contributed by atoms with E-state index in [-0.39, 0.29) is 10.8 Å². The van der Waals surface area contributed by atoms with Gasteiger partial charge in [-0.15, -0.1) is 0 Å². The van der Waals surface area contributed by atoms with Gasteiger partial charge in [-0.2, -0.15) is 0 Å². The summed E-state index contributed by atoms with van der Waals surface area (Å²) < 4.78 is 9.27. The Morgan fingerprint density at radius 3 is 2.01 bits per heavy atom. The molecule has 2 aliphatic rings. The molecule has 0 radical (unpaired) electrons. The molecule has 13 rings (SSSR count). The van der Waals surface area contributed by atoms with Crippen LogP contribution < -0.4 is 21.1 Å². The lowest BCUT2D eigenvalue weighted by Gasteiger charge is -2.42. The van der Waals surface area contributed by atoms with Crippen LogP contribution >= 0.6 is 0 Å². The molecule has 0 saturated carbocycles. The van der Waals surface area contributed by atoms with Crippen LogP contribution in [0.15, 0.2) is 192 Å². The highest BCUT2D eigenvalue weighted by atomic mass is 16.3. The van der Waals surface area contributed by atoms with E-state index in [1.807, 2.05) is 0 Å². The predicted octanol–water partition coefficient (Wildman–Crippen LogP) is 15.6. The largest absolute Gasteiger partial charge is 0.456 e. The average Bonchev–Trinajstić information content (AvgIpc) is 3.95. The van der Waals surface area contributed by atoms with Gasteiger partial charge in [0.15, 0.2) is 7.28 Å². The number of anilines is 5. The maximum Gasteiger partial charge on any atom is 0.198 e. The standard InChI is InChI=1S/C63H52BN3O/c1-39-33-49(60-61-58(39)59-47-24-16-15-17-40(47)25-30-54(59)67(61)55-34-42-35-56(41-18-9-6-10-19-41)68-57(42)38-52(55)64-60)48-37-46(66(44-20-11-7-12-21-44)45-22-13-8-14-23-45)27-29-53(48)65-43-26-28-50-51(36-43)63(4,5)32-31-62(50,2)3/h6-30,33-38,64-65H,31-32H2,1-5H3. The number of rotatable bonds is 7. The fraction of sp³-hybridized carbons (Fsp3) is 0.143. The molecule has 0 saturated heterocycles. The van der Waals surface area contributed by atoms with Crippen molar-refractivity contribution >= 4 is 90.2 Å². The van der Waals surface area contributed by atoms with Crippen molar-refractivity contribution in [3.05, 3.63) is 205 Å². The molecule has 9 aromatic carbocycles. The first kappa shape index (κ1) is 40.5. The van der Waals surface area contributed by atoms with Gasteiger partial charge >= 0.3 is 0 Å². The Hall–Kier alpha value is -7.76. The Balaban J connectivity index is 1.08. The summed E-state index contributed by atoms with van der Waals surface area (Å²) in [5.74, 6) is 0.883. The topological polar surface area (TPSA) is 33.3 Å². The van der Waals surface area contributed by atoms with Crippen LogP contribution in [0.2, 0.25) is 0 Å². The molecular weight excluding hydrogens is 826 g/mol. The van der Waals surface area contributed by atoms with Gasteiger partial charge in [0.25, 0.3) is 0 Å². The van der Waals surface area contributed by atoms with Gasteiger partial charge in [0.05, 0.1) is 5.52 Å². The van der Waals surface area contributed by atoms with Crippen molar-refractivity contribution in [2.75, 3.05) is 10.2 Å². The summed E-state index contributed by atoms with van der Waals surface area (Å²) in [6.45, 7) is 11.9. The number of hydrogen-bond acceptors (Lipinski definition) is 3. The lowest BCUT2D eigenvalue weighted by molar-refractivity contribution is 0.332. The minimum atomic E-state index is 0.0830. The molecular formula is C63H52BN3O. The van der Waals surface area contributed by atoms with Crippen LogP contribution in [0.5, 0.6) is 0 Å². The molecule has 3 heterocycles. The molecule has 0 atom stereocenters. The maximum atomic E-state index is 6.70. The van der Waals surface area contributed by atoms with Gasteiger partial charge in [0.1, 0.15) is 11.3 Å². The Morgan fingerprint density at radius 1 is 0.574 bits per heavy atom. The van der Waals surface area contributed by atoms with E-state index >= 15 is 0 Å². The first-order valence-corrected chi connectivity index (χ1v) is 24.2.